The molecule has 1 saturated carbocycles. The third kappa shape index (κ3) is 3.36. The molecule has 6 nitrogen and oxygen atoms in total. The number of furan rings is 1. The third-order valence-electron chi connectivity index (χ3n) is 5.10. The zero-order chi connectivity index (χ0) is 16.4. The number of carbonyl (C=O) groups is 1. The molecule has 7 heteroatoms. The van der Waals surface area contributed by atoms with Crippen molar-refractivity contribution >= 4 is 17.7 Å². The summed E-state index contributed by atoms with van der Waals surface area (Å²) in [5.74, 6) is 2.94. The molecule has 0 N–H and O–H groups in total. The van der Waals surface area contributed by atoms with Crippen LogP contribution in [0.15, 0.2) is 32.5 Å². The van der Waals surface area contributed by atoms with E-state index in [4.69, 9.17) is 8.83 Å². The van der Waals surface area contributed by atoms with Gasteiger partial charge in [0.25, 0.3) is 11.1 Å². The molecule has 3 heterocycles. The lowest BCUT2D eigenvalue weighted by Crippen LogP contribution is -2.45. The lowest BCUT2D eigenvalue weighted by molar-refractivity contribution is -0.131. The number of aromatic nitrogens is 2. The maximum Gasteiger partial charge on any atom is 0.284 e. The summed E-state index contributed by atoms with van der Waals surface area (Å²) in [6, 6.07) is 3.53. The summed E-state index contributed by atoms with van der Waals surface area (Å²) in [5, 5.41) is 8.32. The smallest absolute Gasteiger partial charge is 0.284 e. The van der Waals surface area contributed by atoms with Crippen molar-refractivity contribution in [2.24, 2.45) is 11.8 Å². The molecular weight excluding hydrogens is 326 g/mol. The van der Waals surface area contributed by atoms with Crippen LogP contribution in [0.1, 0.15) is 32.1 Å². The van der Waals surface area contributed by atoms with Crippen LogP contribution >= 0.6 is 11.8 Å². The number of fused-ring (bicyclic) bond motifs is 1. The molecule has 0 radical (unpaired) electrons. The van der Waals surface area contributed by atoms with E-state index in [0.29, 0.717) is 28.5 Å². The number of amides is 1. The van der Waals surface area contributed by atoms with Crippen LogP contribution < -0.4 is 0 Å². The van der Waals surface area contributed by atoms with Crippen molar-refractivity contribution in [3.63, 3.8) is 0 Å². The van der Waals surface area contributed by atoms with E-state index in [2.05, 4.69) is 10.2 Å². The first-order valence-electron chi connectivity index (χ1n) is 8.57. The second-order valence-electron chi connectivity index (χ2n) is 6.57. The van der Waals surface area contributed by atoms with Crippen molar-refractivity contribution in [3.05, 3.63) is 18.4 Å². The van der Waals surface area contributed by atoms with Crippen LogP contribution in [-0.4, -0.2) is 39.8 Å². The van der Waals surface area contributed by atoms with Gasteiger partial charge in [-0.15, -0.1) is 10.2 Å². The monoisotopic (exact) mass is 347 g/mol. The van der Waals surface area contributed by atoms with Crippen LogP contribution in [-0.2, 0) is 4.79 Å². The molecule has 0 unspecified atom stereocenters. The molecule has 2 aromatic heterocycles. The number of likely N-dealkylation sites (tertiary alicyclic amines) is 1. The van der Waals surface area contributed by atoms with E-state index in [1.54, 1.807) is 18.4 Å². The Morgan fingerprint density at radius 3 is 2.96 bits per heavy atom. The second kappa shape index (κ2) is 7.01. The van der Waals surface area contributed by atoms with E-state index in [0.717, 1.165) is 25.4 Å². The molecule has 1 aliphatic heterocycles. The average molecular weight is 347 g/mol. The quantitative estimate of drug-likeness (QED) is 0.789. The minimum atomic E-state index is 0.168. The summed E-state index contributed by atoms with van der Waals surface area (Å²) in [4.78, 5) is 14.5. The molecule has 2 aromatic rings. The van der Waals surface area contributed by atoms with Crippen molar-refractivity contribution in [2.75, 3.05) is 18.8 Å². The fourth-order valence-corrected chi connectivity index (χ4v) is 4.48. The van der Waals surface area contributed by atoms with Gasteiger partial charge in [0.1, 0.15) is 0 Å². The normalized spacial score (nSPS) is 23.9. The molecule has 2 aliphatic rings. The van der Waals surface area contributed by atoms with Gasteiger partial charge >= 0.3 is 0 Å². The van der Waals surface area contributed by atoms with Gasteiger partial charge < -0.3 is 13.7 Å². The van der Waals surface area contributed by atoms with E-state index in [9.17, 15) is 4.79 Å². The zero-order valence-corrected chi connectivity index (χ0v) is 14.3. The van der Waals surface area contributed by atoms with Crippen LogP contribution in [0.4, 0.5) is 0 Å². The molecule has 4 rings (SSSR count). The molecule has 1 saturated heterocycles. The summed E-state index contributed by atoms with van der Waals surface area (Å²) in [7, 11) is 0. The SMILES string of the molecule is O=C(CSc1nnc(-c2ccco2)o1)N1CC[C@H]2CCCC[C@@H]2C1. The van der Waals surface area contributed by atoms with Crippen LogP contribution in [0, 0.1) is 11.8 Å². The standard InChI is InChI=1S/C17H21N3O3S/c21-15(20-8-7-12-4-1-2-5-13(12)10-20)11-24-17-19-18-16(23-17)14-6-3-9-22-14/h3,6,9,12-13H,1-2,4-5,7-8,10-11H2/t12-,13-/m1/s1. The fraction of sp³-hybridized carbons (Fsp3) is 0.588. The summed E-state index contributed by atoms with van der Waals surface area (Å²) < 4.78 is 10.8. The van der Waals surface area contributed by atoms with E-state index in [1.807, 2.05) is 4.90 Å². The predicted molar refractivity (Wildman–Crippen MR) is 89.4 cm³/mol. The van der Waals surface area contributed by atoms with Crippen molar-refractivity contribution in [1.29, 1.82) is 0 Å². The first-order chi connectivity index (χ1) is 11.8. The first kappa shape index (κ1) is 15.7. The molecular formula is C17H21N3O3S. The minimum Gasteiger partial charge on any atom is -0.459 e. The number of carbonyl (C=O) groups excluding carboxylic acids is 1. The minimum absolute atomic E-state index is 0.168. The Bertz CT molecular complexity index is 685. The van der Waals surface area contributed by atoms with Gasteiger partial charge in [0.2, 0.25) is 5.91 Å². The maximum absolute atomic E-state index is 12.5. The Kier molecular flexibility index (Phi) is 4.60. The van der Waals surface area contributed by atoms with Gasteiger partial charge in [0.15, 0.2) is 5.76 Å². The largest absolute Gasteiger partial charge is 0.459 e. The van der Waals surface area contributed by atoms with Gasteiger partial charge in [-0.05, 0) is 36.8 Å². The Labute approximate surface area is 145 Å². The van der Waals surface area contributed by atoms with Crippen LogP contribution in [0.2, 0.25) is 0 Å². The lowest BCUT2D eigenvalue weighted by atomic mass is 9.75. The highest BCUT2D eigenvalue weighted by Gasteiger charge is 2.32. The first-order valence-corrected chi connectivity index (χ1v) is 9.56. The molecule has 1 amide bonds. The molecule has 0 bridgehead atoms. The highest BCUT2D eigenvalue weighted by Crippen LogP contribution is 2.36. The van der Waals surface area contributed by atoms with Crippen molar-refractivity contribution < 1.29 is 13.6 Å². The number of rotatable bonds is 4. The Balaban J connectivity index is 1.30. The number of nitrogens with zero attached hydrogens (tertiary/aromatic N) is 3. The van der Waals surface area contributed by atoms with E-state index in [-0.39, 0.29) is 5.91 Å². The molecule has 0 aromatic carbocycles. The Hall–Kier alpha value is -1.76. The van der Waals surface area contributed by atoms with Crippen molar-refractivity contribution in [2.45, 2.75) is 37.3 Å². The van der Waals surface area contributed by atoms with Gasteiger partial charge in [-0.25, -0.2) is 0 Å². The summed E-state index contributed by atoms with van der Waals surface area (Å²) in [6.45, 7) is 1.81. The second-order valence-corrected chi connectivity index (χ2v) is 7.50. The molecule has 24 heavy (non-hydrogen) atoms. The number of hydrogen-bond acceptors (Lipinski definition) is 6. The topological polar surface area (TPSA) is 72.4 Å². The molecule has 2 fully saturated rings. The van der Waals surface area contributed by atoms with Crippen LogP contribution in [0.3, 0.4) is 0 Å². The van der Waals surface area contributed by atoms with Gasteiger partial charge in [0.05, 0.1) is 12.0 Å². The Morgan fingerprint density at radius 2 is 2.12 bits per heavy atom. The Morgan fingerprint density at radius 1 is 1.25 bits per heavy atom. The van der Waals surface area contributed by atoms with Gasteiger partial charge in [-0.1, -0.05) is 31.0 Å². The number of piperidine rings is 1. The summed E-state index contributed by atoms with van der Waals surface area (Å²) in [5.41, 5.74) is 0. The third-order valence-corrected chi connectivity index (χ3v) is 5.90. The van der Waals surface area contributed by atoms with Crippen molar-refractivity contribution in [1.82, 2.24) is 15.1 Å². The van der Waals surface area contributed by atoms with Crippen LogP contribution in [0.25, 0.3) is 11.7 Å². The average Bonchev–Trinajstić information content (AvgIpc) is 3.30. The lowest BCUT2D eigenvalue weighted by Gasteiger charge is -2.41. The van der Waals surface area contributed by atoms with E-state index < -0.39 is 0 Å². The molecule has 2 atom stereocenters. The van der Waals surface area contributed by atoms with E-state index >= 15 is 0 Å². The van der Waals surface area contributed by atoms with E-state index in [1.165, 1.54) is 37.4 Å². The maximum atomic E-state index is 12.5. The highest BCUT2D eigenvalue weighted by atomic mass is 32.2. The fourth-order valence-electron chi connectivity index (χ4n) is 3.81. The predicted octanol–water partition coefficient (Wildman–Crippen LogP) is 3.46. The van der Waals surface area contributed by atoms with Crippen molar-refractivity contribution in [3.8, 4) is 11.7 Å². The summed E-state index contributed by atoms with van der Waals surface area (Å²) >= 11 is 1.30. The highest BCUT2D eigenvalue weighted by molar-refractivity contribution is 7.99. The van der Waals surface area contributed by atoms with Gasteiger partial charge in [-0.2, -0.15) is 0 Å². The zero-order valence-electron chi connectivity index (χ0n) is 13.5. The van der Waals surface area contributed by atoms with Gasteiger partial charge in [0, 0.05) is 13.1 Å². The number of hydrogen-bond donors (Lipinski definition) is 0. The van der Waals surface area contributed by atoms with Crippen LogP contribution in [0.5, 0.6) is 0 Å². The summed E-state index contributed by atoms with van der Waals surface area (Å²) in [6.07, 6.45) is 8.02. The van der Waals surface area contributed by atoms with Gasteiger partial charge in [-0.3, -0.25) is 4.79 Å². The molecule has 128 valence electrons. The number of thioether (sulfide) groups is 1. The molecule has 0 spiro atoms. The molecule has 1 aliphatic carbocycles.